The quantitative estimate of drug-likeness (QED) is 0.856. The molecule has 0 aliphatic carbocycles. The van der Waals surface area contributed by atoms with Crippen LogP contribution in [0.2, 0.25) is 0 Å². The van der Waals surface area contributed by atoms with Gasteiger partial charge in [-0.15, -0.1) is 0 Å². The minimum Gasteiger partial charge on any atom is -0.399 e. The number of hydrogen-bond donors (Lipinski definition) is 2. The van der Waals surface area contributed by atoms with E-state index >= 15 is 0 Å². The highest BCUT2D eigenvalue weighted by molar-refractivity contribution is 5.97. The van der Waals surface area contributed by atoms with Gasteiger partial charge in [-0.1, -0.05) is 24.3 Å². The van der Waals surface area contributed by atoms with Crippen molar-refractivity contribution in [2.75, 3.05) is 22.5 Å². The summed E-state index contributed by atoms with van der Waals surface area (Å²) in [5.41, 5.74) is 9.63. The first-order chi connectivity index (χ1) is 10.6. The fourth-order valence-corrected chi connectivity index (χ4v) is 2.97. The second-order valence-electron chi connectivity index (χ2n) is 5.72. The summed E-state index contributed by atoms with van der Waals surface area (Å²) >= 11 is 0. The lowest BCUT2D eigenvalue weighted by atomic mass is 10.00. The van der Waals surface area contributed by atoms with E-state index in [1.54, 1.807) is 12.1 Å². The van der Waals surface area contributed by atoms with Gasteiger partial charge in [-0.25, -0.2) is 0 Å². The van der Waals surface area contributed by atoms with Crippen LogP contribution in [0.1, 0.15) is 18.9 Å². The summed E-state index contributed by atoms with van der Waals surface area (Å²) in [6.45, 7) is 2.85. The zero-order valence-electron chi connectivity index (χ0n) is 12.8. The molecule has 0 saturated carbocycles. The molecular weight excluding hydrogens is 274 g/mol. The van der Waals surface area contributed by atoms with Gasteiger partial charge in [-0.05, 0) is 49.6 Å². The molecule has 4 heteroatoms. The maximum Gasteiger partial charge on any atom is 0.246 e. The van der Waals surface area contributed by atoms with E-state index in [1.807, 2.05) is 25.1 Å². The van der Waals surface area contributed by atoms with E-state index < -0.39 is 0 Å². The second-order valence-corrected chi connectivity index (χ2v) is 5.72. The zero-order valence-corrected chi connectivity index (χ0v) is 12.8. The molecule has 0 saturated heterocycles. The Hall–Kier alpha value is -2.49. The van der Waals surface area contributed by atoms with Crippen LogP contribution in [0, 0.1) is 0 Å². The molecule has 22 heavy (non-hydrogen) atoms. The van der Waals surface area contributed by atoms with Crippen LogP contribution >= 0.6 is 0 Å². The van der Waals surface area contributed by atoms with Crippen molar-refractivity contribution in [3.8, 4) is 0 Å². The molecule has 1 aliphatic heterocycles. The number of nitrogen functional groups attached to an aromatic ring is 1. The van der Waals surface area contributed by atoms with Gasteiger partial charge in [0.25, 0.3) is 0 Å². The molecule has 2 aromatic rings. The largest absolute Gasteiger partial charge is 0.399 e. The van der Waals surface area contributed by atoms with Gasteiger partial charge in [0.05, 0.1) is 0 Å². The van der Waals surface area contributed by atoms with E-state index in [2.05, 4.69) is 28.4 Å². The lowest BCUT2D eigenvalue weighted by molar-refractivity contribution is -0.117. The molecule has 0 spiro atoms. The Labute approximate surface area is 130 Å². The first-order valence-corrected chi connectivity index (χ1v) is 7.66. The zero-order chi connectivity index (χ0) is 15.5. The van der Waals surface area contributed by atoms with Crippen molar-refractivity contribution in [3.05, 3.63) is 54.1 Å². The normalized spacial score (nSPS) is 15.0. The minimum absolute atomic E-state index is 0.0118. The molecule has 0 bridgehead atoms. The van der Waals surface area contributed by atoms with E-state index in [0.717, 1.165) is 25.1 Å². The smallest absolute Gasteiger partial charge is 0.246 e. The molecule has 3 rings (SSSR count). The summed E-state index contributed by atoms with van der Waals surface area (Å²) in [7, 11) is 0. The van der Waals surface area contributed by atoms with Crippen molar-refractivity contribution < 1.29 is 4.79 Å². The maximum atomic E-state index is 12.5. The Balaban J connectivity index is 1.77. The number of nitrogens with zero attached hydrogens (tertiary/aromatic N) is 1. The predicted molar refractivity (Wildman–Crippen MR) is 91.1 cm³/mol. The number of rotatable bonds is 3. The fraction of sp³-hybridized carbons (Fsp3) is 0.278. The van der Waals surface area contributed by atoms with Crippen molar-refractivity contribution >= 4 is 23.0 Å². The summed E-state index contributed by atoms with van der Waals surface area (Å²) in [5, 5.41) is 2.95. The van der Waals surface area contributed by atoms with Gasteiger partial charge in [0.15, 0.2) is 0 Å². The van der Waals surface area contributed by atoms with Crippen molar-refractivity contribution in [1.82, 2.24) is 0 Å². The van der Waals surface area contributed by atoms with E-state index in [-0.39, 0.29) is 11.9 Å². The molecule has 0 fully saturated rings. The van der Waals surface area contributed by atoms with Crippen LogP contribution in [0.25, 0.3) is 0 Å². The lowest BCUT2D eigenvalue weighted by Gasteiger charge is -2.35. The molecular formula is C18H21N3O. The third-order valence-electron chi connectivity index (χ3n) is 4.15. The molecule has 114 valence electrons. The third-order valence-corrected chi connectivity index (χ3v) is 4.15. The van der Waals surface area contributed by atoms with E-state index in [1.165, 1.54) is 11.3 Å². The fourth-order valence-electron chi connectivity index (χ4n) is 2.97. The van der Waals surface area contributed by atoms with E-state index in [9.17, 15) is 4.79 Å². The van der Waals surface area contributed by atoms with Gasteiger partial charge in [0, 0.05) is 23.6 Å². The van der Waals surface area contributed by atoms with Gasteiger partial charge in [-0.2, -0.15) is 0 Å². The molecule has 1 amide bonds. The van der Waals surface area contributed by atoms with Gasteiger partial charge >= 0.3 is 0 Å². The van der Waals surface area contributed by atoms with Crippen LogP contribution in [0.4, 0.5) is 17.1 Å². The first-order valence-electron chi connectivity index (χ1n) is 7.66. The van der Waals surface area contributed by atoms with Crippen LogP contribution in [-0.2, 0) is 11.2 Å². The molecule has 0 radical (unpaired) electrons. The summed E-state index contributed by atoms with van der Waals surface area (Å²) in [4.78, 5) is 14.7. The van der Waals surface area contributed by atoms with Crippen LogP contribution in [0.3, 0.4) is 0 Å². The van der Waals surface area contributed by atoms with Crippen molar-refractivity contribution in [2.45, 2.75) is 25.8 Å². The first kappa shape index (κ1) is 14.4. The summed E-state index contributed by atoms with van der Waals surface area (Å²) in [5.74, 6) is -0.0118. The van der Waals surface area contributed by atoms with Gasteiger partial charge < -0.3 is 16.0 Å². The summed E-state index contributed by atoms with van der Waals surface area (Å²) in [6, 6.07) is 15.4. The monoisotopic (exact) mass is 295 g/mol. The van der Waals surface area contributed by atoms with Crippen LogP contribution in [0.15, 0.2) is 48.5 Å². The number of nitrogens with two attached hydrogens (primary N) is 1. The molecule has 2 aromatic carbocycles. The molecule has 1 aliphatic rings. The average molecular weight is 295 g/mol. The number of benzene rings is 2. The maximum absolute atomic E-state index is 12.5. The number of carbonyl (C=O) groups is 1. The molecule has 4 nitrogen and oxygen atoms in total. The number of hydrogen-bond acceptors (Lipinski definition) is 3. The number of para-hydroxylation sites is 1. The number of amides is 1. The van der Waals surface area contributed by atoms with Gasteiger partial charge in [-0.3, -0.25) is 4.79 Å². The Morgan fingerprint density at radius 3 is 2.86 bits per heavy atom. The van der Waals surface area contributed by atoms with Crippen molar-refractivity contribution in [2.24, 2.45) is 0 Å². The number of fused-ring (bicyclic) bond motifs is 1. The van der Waals surface area contributed by atoms with Crippen molar-refractivity contribution in [1.29, 1.82) is 0 Å². The average Bonchev–Trinajstić information content (AvgIpc) is 2.53. The second kappa shape index (κ2) is 6.10. The van der Waals surface area contributed by atoms with E-state index in [4.69, 9.17) is 5.73 Å². The highest BCUT2D eigenvalue weighted by atomic mass is 16.2. The molecule has 3 N–H and O–H groups in total. The minimum atomic E-state index is -0.220. The SMILES string of the molecule is CC(C(=O)Nc1cccc(N)c1)N1CCCc2ccccc21. The topological polar surface area (TPSA) is 58.4 Å². The number of nitrogens with one attached hydrogen (secondary N) is 1. The third kappa shape index (κ3) is 2.91. The highest BCUT2D eigenvalue weighted by Crippen LogP contribution is 2.28. The Morgan fingerprint density at radius 1 is 1.23 bits per heavy atom. The Bertz CT molecular complexity index is 684. The molecule has 1 heterocycles. The van der Waals surface area contributed by atoms with Gasteiger partial charge in [0.2, 0.25) is 5.91 Å². The number of aryl methyl sites for hydroxylation is 1. The predicted octanol–water partition coefficient (Wildman–Crippen LogP) is 3.05. The standard InChI is InChI=1S/C18H21N3O/c1-13(18(22)20-16-9-4-8-15(19)12-16)21-11-5-7-14-6-2-3-10-17(14)21/h2-4,6,8-10,12-13H,5,7,11,19H2,1H3,(H,20,22). The van der Waals surface area contributed by atoms with Crippen LogP contribution in [-0.4, -0.2) is 18.5 Å². The Morgan fingerprint density at radius 2 is 2.05 bits per heavy atom. The number of carbonyl (C=O) groups excluding carboxylic acids is 1. The summed E-state index contributed by atoms with van der Waals surface area (Å²) in [6.07, 6.45) is 2.16. The highest BCUT2D eigenvalue weighted by Gasteiger charge is 2.25. The summed E-state index contributed by atoms with van der Waals surface area (Å²) < 4.78 is 0. The van der Waals surface area contributed by atoms with Crippen LogP contribution < -0.4 is 16.0 Å². The molecule has 1 unspecified atom stereocenters. The molecule has 1 atom stereocenters. The van der Waals surface area contributed by atoms with E-state index in [0.29, 0.717) is 5.69 Å². The number of anilines is 3. The Kier molecular flexibility index (Phi) is 4.00. The molecule has 0 aromatic heterocycles. The lowest BCUT2D eigenvalue weighted by Crippen LogP contribution is -2.44. The van der Waals surface area contributed by atoms with Gasteiger partial charge in [0.1, 0.15) is 6.04 Å². The van der Waals surface area contributed by atoms with Crippen LogP contribution in [0.5, 0.6) is 0 Å². The van der Waals surface area contributed by atoms with Crippen molar-refractivity contribution in [3.63, 3.8) is 0 Å².